The van der Waals surface area contributed by atoms with Gasteiger partial charge >= 0.3 is 0 Å². The van der Waals surface area contributed by atoms with Gasteiger partial charge in [0.2, 0.25) is 5.91 Å². The molecule has 108 valence electrons. The molecular formula is C17H17BrN2O. The predicted molar refractivity (Wildman–Crippen MR) is 87.8 cm³/mol. The molecule has 0 aromatic heterocycles. The number of carbonyl (C=O) groups excluding carboxylic acids is 1. The first-order valence-corrected chi connectivity index (χ1v) is 7.80. The van der Waals surface area contributed by atoms with E-state index in [0.29, 0.717) is 13.0 Å². The molecule has 0 saturated heterocycles. The summed E-state index contributed by atoms with van der Waals surface area (Å²) in [7, 11) is 0. The van der Waals surface area contributed by atoms with E-state index >= 15 is 0 Å². The van der Waals surface area contributed by atoms with Gasteiger partial charge in [-0.1, -0.05) is 34.1 Å². The second-order valence-corrected chi connectivity index (χ2v) is 6.32. The number of halogens is 1. The normalized spacial score (nSPS) is 13.9. The molecule has 0 spiro atoms. The van der Waals surface area contributed by atoms with Gasteiger partial charge in [0.15, 0.2) is 0 Å². The molecule has 0 bridgehead atoms. The van der Waals surface area contributed by atoms with Crippen LogP contribution in [0.25, 0.3) is 0 Å². The fourth-order valence-corrected chi connectivity index (χ4v) is 3.17. The van der Waals surface area contributed by atoms with Crippen LogP contribution in [0.5, 0.6) is 0 Å². The molecule has 3 nitrogen and oxygen atoms in total. The van der Waals surface area contributed by atoms with E-state index in [1.165, 1.54) is 11.1 Å². The molecule has 0 atom stereocenters. The number of anilines is 1. The van der Waals surface area contributed by atoms with Crippen molar-refractivity contribution in [3.63, 3.8) is 0 Å². The maximum absolute atomic E-state index is 12.5. The van der Waals surface area contributed by atoms with Crippen LogP contribution in [0.15, 0.2) is 46.9 Å². The summed E-state index contributed by atoms with van der Waals surface area (Å²) in [4.78, 5) is 14.4. The number of amides is 1. The molecule has 4 heteroatoms. The third-order valence-corrected chi connectivity index (χ3v) is 4.33. The van der Waals surface area contributed by atoms with Crippen molar-refractivity contribution in [2.45, 2.75) is 19.4 Å². The van der Waals surface area contributed by atoms with Gasteiger partial charge in [-0.25, -0.2) is 0 Å². The van der Waals surface area contributed by atoms with Crippen molar-refractivity contribution in [3.05, 3.63) is 63.6 Å². The predicted octanol–water partition coefficient (Wildman–Crippen LogP) is 3.16. The molecule has 2 aromatic rings. The van der Waals surface area contributed by atoms with E-state index in [0.717, 1.165) is 28.7 Å². The largest absolute Gasteiger partial charge is 0.399 e. The van der Waals surface area contributed by atoms with Crippen LogP contribution in [0, 0.1) is 0 Å². The summed E-state index contributed by atoms with van der Waals surface area (Å²) < 4.78 is 1.00. The van der Waals surface area contributed by atoms with Gasteiger partial charge in [-0.3, -0.25) is 4.79 Å². The van der Waals surface area contributed by atoms with Crippen LogP contribution in [-0.4, -0.2) is 17.4 Å². The second-order valence-electron chi connectivity index (χ2n) is 5.40. The minimum atomic E-state index is 0.168. The Morgan fingerprint density at radius 1 is 1.19 bits per heavy atom. The van der Waals surface area contributed by atoms with E-state index in [-0.39, 0.29) is 5.91 Å². The van der Waals surface area contributed by atoms with Gasteiger partial charge in [-0.2, -0.15) is 0 Å². The number of hydrogen-bond acceptors (Lipinski definition) is 2. The minimum Gasteiger partial charge on any atom is -0.399 e. The SMILES string of the molecule is Nc1ccc2c(c1)CN(C(=O)Cc1cccc(Br)c1)CC2. The Balaban J connectivity index is 1.72. The fourth-order valence-electron chi connectivity index (χ4n) is 2.72. The van der Waals surface area contributed by atoms with Crippen LogP contribution in [0.2, 0.25) is 0 Å². The zero-order valence-electron chi connectivity index (χ0n) is 11.7. The topological polar surface area (TPSA) is 46.3 Å². The summed E-state index contributed by atoms with van der Waals surface area (Å²) in [6, 6.07) is 13.9. The van der Waals surface area contributed by atoms with E-state index in [1.54, 1.807) is 0 Å². The van der Waals surface area contributed by atoms with Gasteiger partial charge in [0.1, 0.15) is 0 Å². The van der Waals surface area contributed by atoms with Gasteiger partial charge < -0.3 is 10.6 Å². The van der Waals surface area contributed by atoms with Crippen molar-refractivity contribution < 1.29 is 4.79 Å². The molecular weight excluding hydrogens is 328 g/mol. The Bertz CT molecular complexity index is 684. The van der Waals surface area contributed by atoms with E-state index < -0.39 is 0 Å². The lowest BCUT2D eigenvalue weighted by Gasteiger charge is -2.29. The second kappa shape index (κ2) is 5.90. The molecule has 0 fully saturated rings. The molecule has 0 unspecified atom stereocenters. The number of nitrogens with two attached hydrogens (primary N) is 1. The monoisotopic (exact) mass is 344 g/mol. The molecule has 1 aliphatic heterocycles. The molecule has 1 heterocycles. The molecule has 0 saturated carbocycles. The summed E-state index contributed by atoms with van der Waals surface area (Å²) in [5.74, 6) is 0.168. The van der Waals surface area contributed by atoms with E-state index in [2.05, 4.69) is 22.0 Å². The Hall–Kier alpha value is -1.81. The lowest BCUT2D eigenvalue weighted by atomic mass is 9.98. The van der Waals surface area contributed by atoms with Crippen LogP contribution in [-0.2, 0) is 24.2 Å². The van der Waals surface area contributed by atoms with Gasteiger partial charge in [0, 0.05) is 23.2 Å². The quantitative estimate of drug-likeness (QED) is 0.850. The maximum Gasteiger partial charge on any atom is 0.227 e. The third kappa shape index (κ3) is 3.27. The fraction of sp³-hybridized carbons (Fsp3) is 0.235. The van der Waals surface area contributed by atoms with E-state index in [9.17, 15) is 4.79 Å². The number of rotatable bonds is 2. The Morgan fingerprint density at radius 2 is 2.05 bits per heavy atom. The smallest absolute Gasteiger partial charge is 0.227 e. The molecule has 1 aliphatic rings. The van der Waals surface area contributed by atoms with Crippen molar-refractivity contribution in [2.24, 2.45) is 0 Å². The summed E-state index contributed by atoms with van der Waals surface area (Å²) >= 11 is 3.44. The van der Waals surface area contributed by atoms with Crippen molar-refractivity contribution in [1.82, 2.24) is 4.90 Å². The lowest BCUT2D eigenvalue weighted by Crippen LogP contribution is -2.36. The summed E-state index contributed by atoms with van der Waals surface area (Å²) in [5, 5.41) is 0. The molecule has 2 aromatic carbocycles. The van der Waals surface area contributed by atoms with Crippen LogP contribution in [0.4, 0.5) is 5.69 Å². The average Bonchev–Trinajstić information content (AvgIpc) is 2.46. The number of carbonyl (C=O) groups is 1. The highest BCUT2D eigenvalue weighted by Crippen LogP contribution is 2.22. The highest BCUT2D eigenvalue weighted by molar-refractivity contribution is 9.10. The number of fused-ring (bicyclic) bond motifs is 1. The highest BCUT2D eigenvalue weighted by atomic mass is 79.9. The van der Waals surface area contributed by atoms with Crippen molar-refractivity contribution in [2.75, 3.05) is 12.3 Å². The standard InChI is InChI=1S/C17H17BrN2O/c18-15-3-1-2-12(8-15)9-17(21)20-7-6-13-4-5-16(19)10-14(13)11-20/h1-5,8,10H,6-7,9,11,19H2. The van der Waals surface area contributed by atoms with Gasteiger partial charge in [0.25, 0.3) is 0 Å². The van der Waals surface area contributed by atoms with Crippen LogP contribution < -0.4 is 5.73 Å². The van der Waals surface area contributed by atoms with Crippen molar-refractivity contribution in [1.29, 1.82) is 0 Å². The summed E-state index contributed by atoms with van der Waals surface area (Å²) in [5.41, 5.74) is 10.1. The van der Waals surface area contributed by atoms with Crippen LogP contribution >= 0.6 is 15.9 Å². The lowest BCUT2D eigenvalue weighted by molar-refractivity contribution is -0.131. The maximum atomic E-state index is 12.5. The van der Waals surface area contributed by atoms with E-state index in [4.69, 9.17) is 5.73 Å². The number of nitrogens with zero attached hydrogens (tertiary/aromatic N) is 1. The highest BCUT2D eigenvalue weighted by Gasteiger charge is 2.20. The van der Waals surface area contributed by atoms with Gasteiger partial charge in [-0.05, 0) is 47.4 Å². The van der Waals surface area contributed by atoms with Gasteiger partial charge in [0.05, 0.1) is 6.42 Å². The Morgan fingerprint density at radius 3 is 2.86 bits per heavy atom. The third-order valence-electron chi connectivity index (χ3n) is 3.84. The molecule has 21 heavy (non-hydrogen) atoms. The minimum absolute atomic E-state index is 0.168. The average molecular weight is 345 g/mol. The van der Waals surface area contributed by atoms with Crippen molar-refractivity contribution in [3.8, 4) is 0 Å². The molecule has 1 amide bonds. The van der Waals surface area contributed by atoms with E-state index in [1.807, 2.05) is 41.3 Å². The first-order valence-electron chi connectivity index (χ1n) is 7.01. The Kier molecular flexibility index (Phi) is 3.97. The molecule has 0 radical (unpaired) electrons. The molecule has 0 aliphatic carbocycles. The zero-order chi connectivity index (χ0) is 14.8. The summed E-state index contributed by atoms with van der Waals surface area (Å²) in [6.07, 6.45) is 1.34. The van der Waals surface area contributed by atoms with Crippen molar-refractivity contribution >= 4 is 27.5 Å². The van der Waals surface area contributed by atoms with Crippen LogP contribution in [0.3, 0.4) is 0 Å². The molecule has 2 N–H and O–H groups in total. The number of nitrogen functional groups attached to an aromatic ring is 1. The number of benzene rings is 2. The summed E-state index contributed by atoms with van der Waals surface area (Å²) in [6.45, 7) is 1.44. The number of hydrogen-bond donors (Lipinski definition) is 1. The van der Waals surface area contributed by atoms with Gasteiger partial charge in [-0.15, -0.1) is 0 Å². The first kappa shape index (κ1) is 14.1. The first-order chi connectivity index (χ1) is 10.1. The van der Waals surface area contributed by atoms with Crippen LogP contribution in [0.1, 0.15) is 16.7 Å². The Labute approximate surface area is 132 Å². The molecule has 3 rings (SSSR count). The zero-order valence-corrected chi connectivity index (χ0v) is 13.3.